The van der Waals surface area contributed by atoms with E-state index in [-0.39, 0.29) is 6.04 Å². The molecule has 0 fully saturated rings. The molecule has 2 aromatic rings. The van der Waals surface area contributed by atoms with Gasteiger partial charge in [-0.25, -0.2) is 13.2 Å². The van der Waals surface area contributed by atoms with Crippen LogP contribution < -0.4 is 5.32 Å². The van der Waals surface area contributed by atoms with Gasteiger partial charge in [0.15, 0.2) is 11.6 Å². The first-order chi connectivity index (χ1) is 9.51. The highest BCUT2D eigenvalue weighted by Crippen LogP contribution is 2.24. The van der Waals surface area contributed by atoms with Crippen molar-refractivity contribution < 1.29 is 13.2 Å². The molecule has 1 N–H and O–H groups in total. The van der Waals surface area contributed by atoms with Gasteiger partial charge in [0.05, 0.1) is 0 Å². The Morgan fingerprint density at radius 3 is 2.35 bits per heavy atom. The summed E-state index contributed by atoms with van der Waals surface area (Å²) in [5, 5.41) is 3.38. The van der Waals surface area contributed by atoms with E-state index in [1.54, 1.807) is 7.05 Å². The molecule has 0 amide bonds. The Labute approximate surface area is 120 Å². The number of hydrogen-bond acceptors (Lipinski definition) is 1. The van der Waals surface area contributed by atoms with Crippen LogP contribution in [0.25, 0.3) is 0 Å². The molecule has 106 valence electrons. The second-order valence-electron chi connectivity index (χ2n) is 4.46. The van der Waals surface area contributed by atoms with E-state index in [0.29, 0.717) is 22.6 Å². The molecule has 0 aliphatic heterocycles. The summed E-state index contributed by atoms with van der Waals surface area (Å²) in [5.74, 6) is -2.20. The van der Waals surface area contributed by atoms with Crippen LogP contribution in [0.4, 0.5) is 13.2 Å². The van der Waals surface area contributed by atoms with Crippen molar-refractivity contribution in [3.8, 4) is 0 Å². The summed E-state index contributed by atoms with van der Waals surface area (Å²) in [5.41, 5.74) is 0.965. The molecular weight excluding hydrogens is 287 g/mol. The highest BCUT2D eigenvalue weighted by molar-refractivity contribution is 6.30. The number of benzene rings is 2. The molecule has 20 heavy (non-hydrogen) atoms. The van der Waals surface area contributed by atoms with Crippen molar-refractivity contribution in [2.24, 2.45) is 0 Å². The van der Waals surface area contributed by atoms with Gasteiger partial charge in [0, 0.05) is 16.6 Å². The smallest absolute Gasteiger partial charge is 0.159 e. The van der Waals surface area contributed by atoms with Crippen LogP contribution in [-0.2, 0) is 6.42 Å². The fourth-order valence-electron chi connectivity index (χ4n) is 2.05. The lowest BCUT2D eigenvalue weighted by atomic mass is 9.98. The van der Waals surface area contributed by atoms with Crippen molar-refractivity contribution in [3.63, 3.8) is 0 Å². The molecule has 1 nitrogen and oxygen atoms in total. The molecule has 0 saturated carbocycles. The number of likely N-dealkylation sites (N-methyl/N-ethyl adjacent to an activating group) is 1. The van der Waals surface area contributed by atoms with Gasteiger partial charge in [0.2, 0.25) is 0 Å². The van der Waals surface area contributed by atoms with Gasteiger partial charge in [0.1, 0.15) is 5.82 Å². The lowest BCUT2D eigenvalue weighted by Crippen LogP contribution is -2.20. The minimum absolute atomic E-state index is 0.324. The lowest BCUT2D eigenvalue weighted by molar-refractivity contribution is 0.502. The highest BCUT2D eigenvalue weighted by Gasteiger charge is 2.16. The normalized spacial score (nSPS) is 12.4. The van der Waals surface area contributed by atoms with Crippen molar-refractivity contribution in [2.75, 3.05) is 7.05 Å². The molecule has 0 bridgehead atoms. The minimum atomic E-state index is -0.913. The first kappa shape index (κ1) is 14.9. The Bertz CT molecular complexity index is 616. The lowest BCUT2D eigenvalue weighted by Gasteiger charge is -2.18. The maximum Gasteiger partial charge on any atom is 0.159 e. The molecule has 0 aliphatic carbocycles. The zero-order valence-corrected chi connectivity index (χ0v) is 11.5. The van der Waals surface area contributed by atoms with E-state index < -0.39 is 17.5 Å². The van der Waals surface area contributed by atoms with E-state index in [4.69, 9.17) is 11.6 Å². The van der Waals surface area contributed by atoms with Gasteiger partial charge in [-0.3, -0.25) is 0 Å². The number of nitrogens with one attached hydrogen (secondary N) is 1. The zero-order valence-electron chi connectivity index (χ0n) is 10.8. The van der Waals surface area contributed by atoms with E-state index in [9.17, 15) is 13.2 Å². The molecule has 2 rings (SSSR count). The largest absolute Gasteiger partial charge is 0.313 e. The SMILES string of the molecule is CNC(Cc1ccc(F)c(F)c1)c1cc(Cl)ccc1F. The van der Waals surface area contributed by atoms with E-state index >= 15 is 0 Å². The maximum absolute atomic E-state index is 13.8. The van der Waals surface area contributed by atoms with Gasteiger partial charge in [-0.1, -0.05) is 17.7 Å². The highest BCUT2D eigenvalue weighted by atomic mass is 35.5. The van der Waals surface area contributed by atoms with Crippen LogP contribution in [0.5, 0.6) is 0 Å². The molecule has 0 radical (unpaired) electrons. The van der Waals surface area contributed by atoms with E-state index in [0.717, 1.165) is 12.1 Å². The summed E-state index contributed by atoms with van der Waals surface area (Å²) < 4.78 is 39.9. The maximum atomic E-state index is 13.8. The topological polar surface area (TPSA) is 12.0 Å². The van der Waals surface area contributed by atoms with Crippen molar-refractivity contribution >= 4 is 11.6 Å². The number of hydrogen-bond donors (Lipinski definition) is 1. The molecule has 0 heterocycles. The third kappa shape index (κ3) is 3.32. The molecule has 0 aromatic heterocycles. The minimum Gasteiger partial charge on any atom is -0.313 e. The Morgan fingerprint density at radius 1 is 1.00 bits per heavy atom. The third-order valence-corrected chi connectivity index (χ3v) is 3.34. The molecule has 0 saturated heterocycles. The van der Waals surface area contributed by atoms with Gasteiger partial charge in [-0.2, -0.15) is 0 Å². The summed E-state index contributed by atoms with van der Waals surface area (Å²) >= 11 is 5.86. The average molecular weight is 300 g/mol. The van der Waals surface area contributed by atoms with Crippen LogP contribution in [0.15, 0.2) is 36.4 Å². The van der Waals surface area contributed by atoms with E-state index in [1.165, 1.54) is 24.3 Å². The fourth-order valence-corrected chi connectivity index (χ4v) is 2.23. The van der Waals surface area contributed by atoms with Crippen molar-refractivity contribution in [2.45, 2.75) is 12.5 Å². The van der Waals surface area contributed by atoms with Gasteiger partial charge in [0.25, 0.3) is 0 Å². The molecule has 1 atom stereocenters. The standard InChI is InChI=1S/C15H13ClF3N/c1-20-15(11-8-10(16)3-5-12(11)17)7-9-2-4-13(18)14(19)6-9/h2-6,8,15,20H,7H2,1H3. The number of rotatable bonds is 4. The van der Waals surface area contributed by atoms with Gasteiger partial charge in [-0.05, 0) is 49.4 Å². The third-order valence-electron chi connectivity index (χ3n) is 3.11. The summed E-state index contributed by atoms with van der Waals surface area (Å²) in [6.45, 7) is 0. The second kappa shape index (κ2) is 6.29. The van der Waals surface area contributed by atoms with Gasteiger partial charge < -0.3 is 5.32 Å². The van der Waals surface area contributed by atoms with Crippen molar-refractivity contribution in [1.29, 1.82) is 0 Å². The molecule has 5 heteroatoms. The molecule has 1 unspecified atom stereocenters. The summed E-state index contributed by atoms with van der Waals surface area (Å²) in [6.07, 6.45) is 0.324. The molecule has 0 aliphatic rings. The van der Waals surface area contributed by atoms with Crippen LogP contribution >= 0.6 is 11.6 Å². The van der Waals surface area contributed by atoms with Gasteiger partial charge >= 0.3 is 0 Å². The molecule has 0 spiro atoms. The van der Waals surface area contributed by atoms with Crippen LogP contribution in [-0.4, -0.2) is 7.05 Å². The second-order valence-corrected chi connectivity index (χ2v) is 4.90. The van der Waals surface area contributed by atoms with Gasteiger partial charge in [-0.15, -0.1) is 0 Å². The quantitative estimate of drug-likeness (QED) is 0.889. The van der Waals surface area contributed by atoms with Crippen molar-refractivity contribution in [1.82, 2.24) is 5.32 Å². The summed E-state index contributed by atoms with van der Waals surface area (Å²) in [6, 6.07) is 7.55. The fraction of sp³-hybridized carbons (Fsp3) is 0.200. The van der Waals surface area contributed by atoms with E-state index in [1.807, 2.05) is 0 Å². The molecule has 2 aromatic carbocycles. The van der Waals surface area contributed by atoms with Crippen molar-refractivity contribution in [3.05, 3.63) is 70.0 Å². The zero-order chi connectivity index (χ0) is 14.7. The summed E-state index contributed by atoms with van der Waals surface area (Å²) in [7, 11) is 1.67. The first-order valence-electron chi connectivity index (χ1n) is 6.07. The Balaban J connectivity index is 2.28. The van der Waals surface area contributed by atoms with Crippen LogP contribution in [0, 0.1) is 17.5 Å². The average Bonchev–Trinajstić information content (AvgIpc) is 2.43. The van der Waals surface area contributed by atoms with Crippen LogP contribution in [0.1, 0.15) is 17.2 Å². The predicted octanol–water partition coefficient (Wildman–Crippen LogP) is 4.26. The monoisotopic (exact) mass is 299 g/mol. The predicted molar refractivity (Wildman–Crippen MR) is 73.3 cm³/mol. The Morgan fingerprint density at radius 2 is 1.70 bits per heavy atom. The van der Waals surface area contributed by atoms with Crippen LogP contribution in [0.3, 0.4) is 0 Å². The Hall–Kier alpha value is -1.52. The Kier molecular flexibility index (Phi) is 4.68. The van der Waals surface area contributed by atoms with Crippen LogP contribution in [0.2, 0.25) is 5.02 Å². The first-order valence-corrected chi connectivity index (χ1v) is 6.45. The number of halogens is 4. The van der Waals surface area contributed by atoms with E-state index in [2.05, 4.69) is 5.32 Å². The summed E-state index contributed by atoms with van der Waals surface area (Å²) in [4.78, 5) is 0. The molecular formula is C15H13ClF3N.